The van der Waals surface area contributed by atoms with Gasteiger partial charge in [-0.25, -0.2) is 14.8 Å². The summed E-state index contributed by atoms with van der Waals surface area (Å²) in [6.45, 7) is -0.163. The zero-order chi connectivity index (χ0) is 25.4. The van der Waals surface area contributed by atoms with E-state index in [0.29, 0.717) is 17.1 Å². The van der Waals surface area contributed by atoms with Gasteiger partial charge in [0.1, 0.15) is 11.4 Å². The highest BCUT2D eigenvalue weighted by atomic mass is 19.4. The number of amides is 1. The molecule has 35 heavy (non-hydrogen) atoms. The zero-order valence-electron chi connectivity index (χ0n) is 18.4. The van der Waals surface area contributed by atoms with Crippen molar-refractivity contribution in [2.45, 2.75) is 24.7 Å². The minimum Gasteiger partial charge on any atom is -0.493 e. The average Bonchev–Trinajstić information content (AvgIpc) is 3.12. The molecule has 0 fully saturated rings. The van der Waals surface area contributed by atoms with Crippen LogP contribution < -0.4 is 31.4 Å². The summed E-state index contributed by atoms with van der Waals surface area (Å²) in [6.07, 6.45) is -2.80. The molecule has 2 aromatic heterocycles. The first-order valence-electron chi connectivity index (χ1n) is 10.1. The third kappa shape index (κ3) is 3.96. The molecule has 1 atom stereocenters. The molecule has 3 N–H and O–H groups in total. The Morgan fingerprint density at radius 2 is 1.77 bits per heavy atom. The highest BCUT2D eigenvalue weighted by molar-refractivity contribution is 6.07. The summed E-state index contributed by atoms with van der Waals surface area (Å²) in [5.74, 6) is -1.81. The van der Waals surface area contributed by atoms with Gasteiger partial charge in [0, 0.05) is 18.9 Å². The Balaban J connectivity index is 1.80. The number of rotatable bonds is 7. The lowest BCUT2D eigenvalue weighted by Crippen LogP contribution is -2.56. The lowest BCUT2D eigenvalue weighted by Gasteiger charge is -2.29. The number of fused-ring (bicyclic) bond motifs is 1. The highest BCUT2D eigenvalue weighted by Gasteiger charge is 2.68. The number of anilines is 2. The number of aryl methyl sites for hydroxylation is 1. The highest BCUT2D eigenvalue weighted by Crippen LogP contribution is 2.46. The molecule has 1 amide bonds. The Bertz CT molecular complexity index is 1390. The van der Waals surface area contributed by atoms with Crippen LogP contribution in [0.3, 0.4) is 0 Å². The van der Waals surface area contributed by atoms with Gasteiger partial charge in [-0.1, -0.05) is 6.07 Å². The van der Waals surface area contributed by atoms with Gasteiger partial charge in [-0.15, -0.1) is 0 Å². The molecule has 1 aliphatic heterocycles. The van der Waals surface area contributed by atoms with E-state index in [1.165, 1.54) is 32.7 Å². The van der Waals surface area contributed by atoms with Crippen molar-refractivity contribution in [3.8, 4) is 11.5 Å². The molecule has 0 bridgehead atoms. The molecule has 14 heteroatoms. The fraction of sp³-hybridized carbons (Fsp3) is 0.286. The Kier molecular flexibility index (Phi) is 5.96. The SMILES string of the molecule is COc1ccc(CCn2c3c(c(=O)[nH]c2=O)[C@@](Nc2ncccn2)(C(F)(F)F)C(=O)N3)cc1OC. The largest absolute Gasteiger partial charge is 0.493 e. The number of H-pyrrole nitrogens is 1. The molecule has 184 valence electrons. The van der Waals surface area contributed by atoms with Gasteiger partial charge in [-0.3, -0.25) is 19.1 Å². The number of aromatic amines is 1. The third-order valence-corrected chi connectivity index (χ3v) is 5.51. The van der Waals surface area contributed by atoms with E-state index in [-0.39, 0.29) is 13.0 Å². The number of hydrogen-bond donors (Lipinski definition) is 3. The standard InChI is InChI=1S/C21H19F3N6O5/c1-34-12-5-4-11(10-13(12)35-2)6-9-30-15-14(16(31)28-19(30)33)20(17(32)27-15,21(22,23)24)29-18-25-7-3-8-26-18/h3-5,7-8,10H,6,9H2,1-2H3,(H,27,32)(H,25,26,29)(H,28,31,33)/t20-/m0/s1. The quantitative estimate of drug-likeness (QED) is 0.450. The number of nitrogens with zero attached hydrogens (tertiary/aromatic N) is 3. The van der Waals surface area contributed by atoms with Crippen molar-refractivity contribution in [1.29, 1.82) is 0 Å². The smallest absolute Gasteiger partial charge is 0.425 e. The fourth-order valence-electron chi connectivity index (χ4n) is 3.85. The van der Waals surface area contributed by atoms with E-state index in [9.17, 15) is 27.6 Å². The van der Waals surface area contributed by atoms with Crippen molar-refractivity contribution in [1.82, 2.24) is 19.5 Å². The minimum absolute atomic E-state index is 0.156. The van der Waals surface area contributed by atoms with E-state index in [4.69, 9.17) is 9.47 Å². The third-order valence-electron chi connectivity index (χ3n) is 5.51. The molecular formula is C21H19F3N6O5. The van der Waals surface area contributed by atoms with Crippen LogP contribution in [0.2, 0.25) is 0 Å². The van der Waals surface area contributed by atoms with Crippen LogP contribution in [0.25, 0.3) is 0 Å². The molecule has 0 aliphatic carbocycles. The Hall–Kier alpha value is -4.36. The number of carbonyl (C=O) groups excluding carboxylic acids is 1. The average molecular weight is 492 g/mol. The number of ether oxygens (including phenoxy) is 2. The Labute approximate surface area is 194 Å². The maximum Gasteiger partial charge on any atom is 0.425 e. The topological polar surface area (TPSA) is 140 Å². The molecule has 1 aromatic carbocycles. The van der Waals surface area contributed by atoms with Gasteiger partial charge in [-0.05, 0) is 30.2 Å². The van der Waals surface area contributed by atoms with Gasteiger partial charge >= 0.3 is 11.9 Å². The van der Waals surface area contributed by atoms with Crippen LogP contribution in [-0.4, -0.2) is 45.8 Å². The molecule has 0 radical (unpaired) electrons. The van der Waals surface area contributed by atoms with Gasteiger partial charge in [-0.2, -0.15) is 13.2 Å². The lowest BCUT2D eigenvalue weighted by molar-refractivity contribution is -0.184. The van der Waals surface area contributed by atoms with Gasteiger partial charge in [0.05, 0.1) is 14.2 Å². The molecule has 0 saturated heterocycles. The first-order valence-corrected chi connectivity index (χ1v) is 10.1. The van der Waals surface area contributed by atoms with Crippen molar-refractivity contribution >= 4 is 17.7 Å². The number of carbonyl (C=O) groups is 1. The van der Waals surface area contributed by atoms with Crippen LogP contribution >= 0.6 is 0 Å². The summed E-state index contributed by atoms with van der Waals surface area (Å²) in [4.78, 5) is 47.2. The van der Waals surface area contributed by atoms with Crippen LogP contribution in [0, 0.1) is 0 Å². The minimum atomic E-state index is -5.29. The molecule has 0 spiro atoms. The van der Waals surface area contributed by atoms with E-state index in [0.717, 1.165) is 4.57 Å². The first kappa shape index (κ1) is 23.8. The van der Waals surface area contributed by atoms with Crippen molar-refractivity contribution in [3.05, 3.63) is 68.6 Å². The predicted molar refractivity (Wildman–Crippen MR) is 117 cm³/mol. The molecule has 3 heterocycles. The van der Waals surface area contributed by atoms with E-state index in [1.807, 2.05) is 10.3 Å². The van der Waals surface area contributed by atoms with Crippen molar-refractivity contribution in [2.75, 3.05) is 24.9 Å². The predicted octanol–water partition coefficient (Wildman–Crippen LogP) is 1.41. The van der Waals surface area contributed by atoms with E-state index in [2.05, 4.69) is 15.3 Å². The second-order valence-corrected chi connectivity index (χ2v) is 7.47. The van der Waals surface area contributed by atoms with Gasteiger partial charge in [0.15, 0.2) is 11.5 Å². The number of benzene rings is 1. The number of hydrogen-bond acceptors (Lipinski definition) is 8. The summed E-state index contributed by atoms with van der Waals surface area (Å²) in [6, 6.07) is 6.33. The van der Waals surface area contributed by atoms with E-state index >= 15 is 0 Å². The Morgan fingerprint density at radius 1 is 1.09 bits per heavy atom. The van der Waals surface area contributed by atoms with Crippen molar-refractivity contribution in [2.24, 2.45) is 0 Å². The summed E-state index contributed by atoms with van der Waals surface area (Å²) in [5.41, 5.74) is -6.21. The molecular weight excluding hydrogens is 473 g/mol. The molecule has 4 rings (SSSR count). The molecule has 0 saturated carbocycles. The van der Waals surface area contributed by atoms with E-state index in [1.54, 1.807) is 18.2 Å². The number of methoxy groups -OCH3 is 2. The molecule has 1 aliphatic rings. The second-order valence-electron chi connectivity index (χ2n) is 7.47. The van der Waals surface area contributed by atoms with Crippen molar-refractivity contribution < 1.29 is 27.4 Å². The van der Waals surface area contributed by atoms with Crippen LogP contribution in [-0.2, 0) is 23.3 Å². The monoisotopic (exact) mass is 492 g/mol. The fourth-order valence-corrected chi connectivity index (χ4v) is 3.85. The van der Waals surface area contributed by atoms with Crippen molar-refractivity contribution in [3.63, 3.8) is 0 Å². The van der Waals surface area contributed by atoms with Gasteiger partial charge in [0.25, 0.3) is 17.0 Å². The number of halogens is 3. The molecule has 3 aromatic rings. The summed E-state index contributed by atoms with van der Waals surface area (Å²) in [7, 11) is 2.90. The number of aromatic nitrogens is 4. The normalized spacial score (nSPS) is 17.0. The first-order chi connectivity index (χ1) is 16.6. The lowest BCUT2D eigenvalue weighted by atomic mass is 9.92. The Morgan fingerprint density at radius 3 is 2.40 bits per heavy atom. The number of nitrogens with one attached hydrogen (secondary N) is 3. The van der Waals surface area contributed by atoms with Crippen LogP contribution in [0.15, 0.2) is 46.2 Å². The van der Waals surface area contributed by atoms with Crippen LogP contribution in [0.4, 0.5) is 24.9 Å². The zero-order valence-corrected chi connectivity index (χ0v) is 18.4. The summed E-state index contributed by atoms with van der Waals surface area (Å²) < 4.78 is 54.5. The van der Waals surface area contributed by atoms with Gasteiger partial charge < -0.3 is 20.1 Å². The van der Waals surface area contributed by atoms with Crippen LogP contribution in [0.5, 0.6) is 11.5 Å². The van der Waals surface area contributed by atoms with Gasteiger partial charge in [0.2, 0.25) is 5.95 Å². The van der Waals surface area contributed by atoms with Crippen LogP contribution in [0.1, 0.15) is 11.1 Å². The second kappa shape index (κ2) is 8.77. The molecule has 11 nitrogen and oxygen atoms in total. The van der Waals surface area contributed by atoms with E-state index < -0.39 is 46.2 Å². The summed E-state index contributed by atoms with van der Waals surface area (Å²) in [5, 5.41) is 4.03. The molecule has 0 unspecified atom stereocenters. The maximum atomic E-state index is 14.4. The summed E-state index contributed by atoms with van der Waals surface area (Å²) >= 11 is 0. The number of alkyl halides is 3. The maximum absolute atomic E-state index is 14.4.